The van der Waals surface area contributed by atoms with Gasteiger partial charge in [0.15, 0.2) is 5.16 Å². The van der Waals surface area contributed by atoms with Gasteiger partial charge in [-0.05, 0) is 31.5 Å². The Kier molecular flexibility index (Phi) is 6.36. The van der Waals surface area contributed by atoms with E-state index in [-0.39, 0.29) is 0 Å². The first-order valence-electron chi connectivity index (χ1n) is 5.39. The van der Waals surface area contributed by atoms with Crippen molar-refractivity contribution >= 4 is 11.8 Å². The van der Waals surface area contributed by atoms with E-state index in [4.69, 9.17) is 0 Å². The van der Waals surface area contributed by atoms with Gasteiger partial charge < -0.3 is 5.32 Å². The molecule has 84 valence electrons. The number of nitrogens with one attached hydrogen (secondary N) is 1. The molecule has 15 heavy (non-hydrogen) atoms. The van der Waals surface area contributed by atoms with Gasteiger partial charge in [0.1, 0.15) is 0 Å². The van der Waals surface area contributed by atoms with E-state index < -0.39 is 0 Å². The van der Waals surface area contributed by atoms with Gasteiger partial charge in [-0.25, -0.2) is 9.97 Å². The van der Waals surface area contributed by atoms with Gasteiger partial charge in [0, 0.05) is 18.1 Å². The van der Waals surface area contributed by atoms with Gasteiger partial charge in [0.25, 0.3) is 0 Å². The third-order valence-electron chi connectivity index (χ3n) is 1.82. The Morgan fingerprint density at radius 1 is 1.33 bits per heavy atom. The maximum Gasteiger partial charge on any atom is 0.187 e. The molecule has 0 aromatic carbocycles. The summed E-state index contributed by atoms with van der Waals surface area (Å²) in [6, 6.07) is 1.84. The average Bonchev–Trinajstić information content (AvgIpc) is 2.24. The molecular formula is C11H19N3S. The second-order valence-electron chi connectivity index (χ2n) is 3.83. The molecule has 0 radical (unpaired) electrons. The maximum atomic E-state index is 4.16. The van der Waals surface area contributed by atoms with Crippen molar-refractivity contribution in [3.8, 4) is 0 Å². The number of nitrogens with zero attached hydrogens (tertiary/aromatic N) is 2. The van der Waals surface area contributed by atoms with E-state index in [2.05, 4.69) is 29.1 Å². The first-order valence-corrected chi connectivity index (χ1v) is 6.38. The zero-order chi connectivity index (χ0) is 10.9. The third kappa shape index (κ3) is 6.47. The molecule has 3 nitrogen and oxygen atoms in total. The van der Waals surface area contributed by atoms with Gasteiger partial charge >= 0.3 is 0 Å². The van der Waals surface area contributed by atoms with E-state index in [0.717, 1.165) is 36.3 Å². The first-order chi connectivity index (χ1) is 7.29. The molecule has 0 unspecified atom stereocenters. The highest BCUT2D eigenvalue weighted by Gasteiger charge is 1.96. The molecule has 4 heteroatoms. The Balaban J connectivity index is 1.98. The van der Waals surface area contributed by atoms with E-state index in [1.807, 2.05) is 6.07 Å². The van der Waals surface area contributed by atoms with Crippen LogP contribution >= 0.6 is 11.8 Å². The lowest BCUT2D eigenvalue weighted by Gasteiger charge is -2.06. The van der Waals surface area contributed by atoms with Crippen LogP contribution in [0.3, 0.4) is 0 Å². The van der Waals surface area contributed by atoms with Crippen LogP contribution in [-0.2, 0) is 0 Å². The minimum absolute atomic E-state index is 0.732. The van der Waals surface area contributed by atoms with Crippen molar-refractivity contribution in [1.29, 1.82) is 0 Å². The fourth-order valence-corrected chi connectivity index (χ4v) is 1.85. The standard InChI is InChI=1S/C11H19N3S/c1-10(2)9-12-5-4-8-15-11-13-6-3-7-14-11/h3,6-7,10,12H,4-5,8-9H2,1-2H3. The van der Waals surface area contributed by atoms with Gasteiger partial charge in [0.2, 0.25) is 0 Å². The van der Waals surface area contributed by atoms with Crippen molar-refractivity contribution in [2.24, 2.45) is 5.92 Å². The molecule has 0 saturated heterocycles. The van der Waals surface area contributed by atoms with Crippen molar-refractivity contribution < 1.29 is 0 Å². The second kappa shape index (κ2) is 7.65. The van der Waals surface area contributed by atoms with E-state index >= 15 is 0 Å². The van der Waals surface area contributed by atoms with E-state index in [9.17, 15) is 0 Å². The molecule has 0 amide bonds. The van der Waals surface area contributed by atoms with Crippen LogP contribution in [0, 0.1) is 5.92 Å². The quantitative estimate of drug-likeness (QED) is 0.438. The van der Waals surface area contributed by atoms with Crippen molar-refractivity contribution in [3.05, 3.63) is 18.5 Å². The smallest absolute Gasteiger partial charge is 0.187 e. The van der Waals surface area contributed by atoms with Crippen LogP contribution in [0.2, 0.25) is 0 Å². The Hall–Kier alpha value is -0.610. The molecule has 1 N–H and O–H groups in total. The molecule has 0 atom stereocenters. The van der Waals surface area contributed by atoms with Gasteiger partial charge in [-0.2, -0.15) is 0 Å². The van der Waals surface area contributed by atoms with Gasteiger partial charge in [-0.15, -0.1) is 0 Å². The summed E-state index contributed by atoms with van der Waals surface area (Å²) in [6.07, 6.45) is 4.73. The normalized spacial score (nSPS) is 10.9. The number of rotatable bonds is 7. The van der Waals surface area contributed by atoms with E-state index in [1.54, 1.807) is 24.2 Å². The molecule has 1 aromatic rings. The van der Waals surface area contributed by atoms with Crippen molar-refractivity contribution in [2.75, 3.05) is 18.8 Å². The maximum absolute atomic E-state index is 4.16. The summed E-state index contributed by atoms with van der Waals surface area (Å²) in [5.74, 6) is 1.81. The minimum Gasteiger partial charge on any atom is -0.316 e. The van der Waals surface area contributed by atoms with Gasteiger partial charge in [-0.1, -0.05) is 25.6 Å². The molecule has 0 aliphatic heterocycles. The molecule has 0 spiro atoms. The lowest BCUT2D eigenvalue weighted by Crippen LogP contribution is -2.21. The second-order valence-corrected chi connectivity index (χ2v) is 4.89. The van der Waals surface area contributed by atoms with Crippen LogP contribution in [0.5, 0.6) is 0 Å². The fourth-order valence-electron chi connectivity index (χ4n) is 1.11. The van der Waals surface area contributed by atoms with Crippen LogP contribution in [0.25, 0.3) is 0 Å². The zero-order valence-corrected chi connectivity index (χ0v) is 10.3. The lowest BCUT2D eigenvalue weighted by molar-refractivity contribution is 0.551. The molecule has 0 fully saturated rings. The largest absolute Gasteiger partial charge is 0.316 e. The Morgan fingerprint density at radius 3 is 2.73 bits per heavy atom. The Bertz CT molecular complexity index is 251. The highest BCUT2D eigenvalue weighted by molar-refractivity contribution is 7.99. The highest BCUT2D eigenvalue weighted by Crippen LogP contribution is 2.11. The lowest BCUT2D eigenvalue weighted by atomic mass is 10.2. The number of thioether (sulfide) groups is 1. The molecule has 0 aliphatic rings. The number of aromatic nitrogens is 2. The molecule has 0 aliphatic carbocycles. The Morgan fingerprint density at radius 2 is 2.07 bits per heavy atom. The van der Waals surface area contributed by atoms with E-state index in [1.165, 1.54) is 0 Å². The van der Waals surface area contributed by atoms with Crippen molar-refractivity contribution in [3.63, 3.8) is 0 Å². The van der Waals surface area contributed by atoms with Crippen molar-refractivity contribution in [1.82, 2.24) is 15.3 Å². The molecular weight excluding hydrogens is 206 g/mol. The molecule has 0 bridgehead atoms. The summed E-state index contributed by atoms with van der Waals surface area (Å²) < 4.78 is 0. The SMILES string of the molecule is CC(C)CNCCCSc1ncccn1. The van der Waals surface area contributed by atoms with Crippen LogP contribution in [0.1, 0.15) is 20.3 Å². The minimum atomic E-state index is 0.732. The van der Waals surface area contributed by atoms with Crippen LogP contribution in [-0.4, -0.2) is 28.8 Å². The predicted molar refractivity (Wildman–Crippen MR) is 65.1 cm³/mol. The monoisotopic (exact) mass is 225 g/mol. The molecule has 0 saturated carbocycles. The van der Waals surface area contributed by atoms with E-state index in [0.29, 0.717) is 0 Å². The fraction of sp³-hybridized carbons (Fsp3) is 0.636. The summed E-state index contributed by atoms with van der Waals surface area (Å²) in [5.41, 5.74) is 0. The summed E-state index contributed by atoms with van der Waals surface area (Å²) in [5, 5.41) is 4.29. The van der Waals surface area contributed by atoms with Crippen molar-refractivity contribution in [2.45, 2.75) is 25.4 Å². The molecule has 1 heterocycles. The third-order valence-corrected chi connectivity index (χ3v) is 2.79. The average molecular weight is 225 g/mol. The van der Waals surface area contributed by atoms with Crippen LogP contribution in [0.4, 0.5) is 0 Å². The number of hydrogen-bond donors (Lipinski definition) is 1. The molecule has 1 aromatic heterocycles. The van der Waals surface area contributed by atoms with Crippen LogP contribution < -0.4 is 5.32 Å². The summed E-state index contributed by atoms with van der Waals surface area (Å²) in [6.45, 7) is 6.63. The summed E-state index contributed by atoms with van der Waals surface area (Å²) in [7, 11) is 0. The number of hydrogen-bond acceptors (Lipinski definition) is 4. The highest BCUT2D eigenvalue weighted by atomic mass is 32.2. The first kappa shape index (κ1) is 12.5. The zero-order valence-electron chi connectivity index (χ0n) is 9.44. The summed E-state index contributed by atoms with van der Waals surface area (Å²) in [4.78, 5) is 8.31. The molecule has 1 rings (SSSR count). The Labute approximate surface area is 96.1 Å². The van der Waals surface area contributed by atoms with Gasteiger partial charge in [0.05, 0.1) is 0 Å². The summed E-state index contributed by atoms with van der Waals surface area (Å²) >= 11 is 1.72. The van der Waals surface area contributed by atoms with Gasteiger partial charge in [-0.3, -0.25) is 0 Å². The van der Waals surface area contributed by atoms with Crippen LogP contribution in [0.15, 0.2) is 23.6 Å². The predicted octanol–water partition coefficient (Wildman–Crippen LogP) is 2.20. The topological polar surface area (TPSA) is 37.8 Å².